The molecule has 3 N–H and O–H groups in total. The molecular formula is C12H22N2O4. The van der Waals surface area contributed by atoms with Crippen LogP contribution in [0, 0.1) is 5.92 Å². The van der Waals surface area contributed by atoms with E-state index >= 15 is 0 Å². The van der Waals surface area contributed by atoms with E-state index in [1.165, 1.54) is 0 Å². The summed E-state index contributed by atoms with van der Waals surface area (Å²) in [6, 6.07) is -0.308. The molecule has 18 heavy (non-hydrogen) atoms. The molecule has 0 heterocycles. The number of amides is 2. The van der Waals surface area contributed by atoms with Gasteiger partial charge in [-0.2, -0.15) is 0 Å². The second-order valence-electron chi connectivity index (χ2n) is 4.72. The standard InChI is InChI=1S/C12H22N2O4/c1-8(11(18-2)9-5-6-9)14-12(17)13-7-3-4-10(15)16/h8-9,11H,3-7H2,1-2H3,(H,15,16)(H2,13,14,17). The molecule has 2 unspecified atom stereocenters. The minimum absolute atomic E-state index is 0.0398. The van der Waals surface area contributed by atoms with Gasteiger partial charge in [-0.15, -0.1) is 0 Å². The van der Waals surface area contributed by atoms with Crippen molar-refractivity contribution in [2.24, 2.45) is 5.92 Å². The van der Waals surface area contributed by atoms with Gasteiger partial charge in [-0.25, -0.2) is 4.79 Å². The lowest BCUT2D eigenvalue weighted by molar-refractivity contribution is -0.137. The minimum Gasteiger partial charge on any atom is -0.481 e. The number of hydrogen-bond acceptors (Lipinski definition) is 3. The van der Waals surface area contributed by atoms with Crippen molar-refractivity contribution in [1.82, 2.24) is 10.6 Å². The molecule has 1 rings (SSSR count). The Morgan fingerprint density at radius 1 is 1.44 bits per heavy atom. The Balaban J connectivity index is 2.16. The van der Waals surface area contributed by atoms with Gasteiger partial charge in [-0.3, -0.25) is 4.79 Å². The zero-order chi connectivity index (χ0) is 13.5. The molecule has 2 amide bonds. The van der Waals surface area contributed by atoms with Gasteiger partial charge in [0.1, 0.15) is 0 Å². The monoisotopic (exact) mass is 258 g/mol. The van der Waals surface area contributed by atoms with E-state index in [0.29, 0.717) is 18.9 Å². The summed E-state index contributed by atoms with van der Waals surface area (Å²) in [4.78, 5) is 21.8. The first-order valence-electron chi connectivity index (χ1n) is 6.33. The van der Waals surface area contributed by atoms with Crippen molar-refractivity contribution in [2.45, 2.75) is 44.8 Å². The van der Waals surface area contributed by atoms with Gasteiger partial charge >= 0.3 is 12.0 Å². The van der Waals surface area contributed by atoms with Crippen molar-refractivity contribution < 1.29 is 19.4 Å². The van der Waals surface area contributed by atoms with Crippen LogP contribution in [-0.4, -0.2) is 42.9 Å². The van der Waals surface area contributed by atoms with Gasteiger partial charge < -0.3 is 20.5 Å². The molecule has 6 heteroatoms. The molecule has 0 bridgehead atoms. The predicted molar refractivity (Wildman–Crippen MR) is 66.4 cm³/mol. The summed E-state index contributed by atoms with van der Waals surface area (Å²) in [5.41, 5.74) is 0. The van der Waals surface area contributed by atoms with Crippen LogP contribution in [0.25, 0.3) is 0 Å². The lowest BCUT2D eigenvalue weighted by Crippen LogP contribution is -2.47. The van der Waals surface area contributed by atoms with Gasteiger partial charge in [0, 0.05) is 20.1 Å². The minimum atomic E-state index is -0.848. The molecule has 0 aromatic rings. The molecular weight excluding hydrogens is 236 g/mol. The molecule has 0 aromatic carbocycles. The predicted octanol–water partition coefficient (Wildman–Crippen LogP) is 0.964. The third-order valence-electron chi connectivity index (χ3n) is 3.06. The maximum atomic E-state index is 11.5. The van der Waals surface area contributed by atoms with Crippen molar-refractivity contribution in [1.29, 1.82) is 0 Å². The normalized spacial score (nSPS) is 17.9. The van der Waals surface area contributed by atoms with Gasteiger partial charge in [0.25, 0.3) is 0 Å². The van der Waals surface area contributed by atoms with E-state index in [4.69, 9.17) is 9.84 Å². The molecule has 1 saturated carbocycles. The Kier molecular flexibility index (Phi) is 5.91. The van der Waals surface area contributed by atoms with Crippen molar-refractivity contribution in [3.8, 4) is 0 Å². The van der Waals surface area contributed by atoms with Gasteiger partial charge in [0.2, 0.25) is 0 Å². The molecule has 1 fully saturated rings. The first kappa shape index (κ1) is 14.8. The molecule has 6 nitrogen and oxygen atoms in total. The van der Waals surface area contributed by atoms with E-state index in [2.05, 4.69) is 10.6 Å². The Morgan fingerprint density at radius 3 is 2.61 bits per heavy atom. The highest BCUT2D eigenvalue weighted by molar-refractivity contribution is 5.74. The summed E-state index contributed by atoms with van der Waals surface area (Å²) in [5.74, 6) is -0.295. The zero-order valence-corrected chi connectivity index (χ0v) is 10.9. The van der Waals surface area contributed by atoms with Gasteiger partial charge in [0.15, 0.2) is 0 Å². The average molecular weight is 258 g/mol. The number of rotatable bonds is 8. The van der Waals surface area contributed by atoms with Gasteiger partial charge in [0.05, 0.1) is 12.1 Å². The summed E-state index contributed by atoms with van der Waals surface area (Å²) in [5, 5.41) is 13.9. The fraction of sp³-hybridized carbons (Fsp3) is 0.833. The fourth-order valence-corrected chi connectivity index (χ4v) is 2.01. The number of carboxylic acid groups (broad SMARTS) is 1. The van der Waals surface area contributed by atoms with Gasteiger partial charge in [-0.1, -0.05) is 0 Å². The van der Waals surface area contributed by atoms with Crippen LogP contribution in [0.1, 0.15) is 32.6 Å². The van der Waals surface area contributed by atoms with Gasteiger partial charge in [-0.05, 0) is 32.1 Å². The number of urea groups is 1. The lowest BCUT2D eigenvalue weighted by atomic mass is 10.1. The number of carboxylic acids is 1. The number of carbonyl (C=O) groups excluding carboxylic acids is 1. The molecule has 0 aromatic heterocycles. The largest absolute Gasteiger partial charge is 0.481 e. The Hall–Kier alpha value is -1.30. The van der Waals surface area contributed by atoms with E-state index < -0.39 is 5.97 Å². The Bertz CT molecular complexity index is 292. The van der Waals surface area contributed by atoms with Crippen LogP contribution in [0.3, 0.4) is 0 Å². The number of hydrogen-bond donors (Lipinski definition) is 3. The first-order valence-corrected chi connectivity index (χ1v) is 6.33. The third-order valence-corrected chi connectivity index (χ3v) is 3.06. The summed E-state index contributed by atoms with van der Waals surface area (Å²) in [7, 11) is 1.66. The Morgan fingerprint density at radius 2 is 2.11 bits per heavy atom. The first-order chi connectivity index (χ1) is 8.54. The van der Waals surface area contributed by atoms with Crippen molar-refractivity contribution in [2.75, 3.05) is 13.7 Å². The summed E-state index contributed by atoms with van der Waals surface area (Å²) in [6.07, 6.45) is 2.89. The van der Waals surface area contributed by atoms with Crippen molar-refractivity contribution in [3.63, 3.8) is 0 Å². The van der Waals surface area contributed by atoms with Crippen LogP contribution in [-0.2, 0) is 9.53 Å². The second kappa shape index (κ2) is 7.20. The van der Waals surface area contributed by atoms with E-state index in [-0.39, 0.29) is 24.6 Å². The number of aliphatic carboxylic acids is 1. The average Bonchev–Trinajstić information content (AvgIpc) is 3.09. The molecule has 0 radical (unpaired) electrons. The van der Waals surface area contributed by atoms with E-state index in [1.807, 2.05) is 6.92 Å². The maximum Gasteiger partial charge on any atom is 0.315 e. The van der Waals surface area contributed by atoms with Crippen molar-refractivity contribution >= 4 is 12.0 Å². The maximum absolute atomic E-state index is 11.5. The van der Waals surface area contributed by atoms with E-state index in [0.717, 1.165) is 12.8 Å². The summed E-state index contributed by atoms with van der Waals surface area (Å²) < 4.78 is 5.37. The second-order valence-corrected chi connectivity index (χ2v) is 4.72. The number of ether oxygens (including phenoxy) is 1. The smallest absolute Gasteiger partial charge is 0.315 e. The quantitative estimate of drug-likeness (QED) is 0.566. The number of carbonyl (C=O) groups is 2. The summed E-state index contributed by atoms with van der Waals surface area (Å²) in [6.45, 7) is 2.29. The fourth-order valence-electron chi connectivity index (χ4n) is 2.01. The Labute approximate surface area is 107 Å². The summed E-state index contributed by atoms with van der Waals surface area (Å²) >= 11 is 0. The zero-order valence-electron chi connectivity index (χ0n) is 10.9. The molecule has 1 aliphatic rings. The highest BCUT2D eigenvalue weighted by Crippen LogP contribution is 2.35. The molecule has 1 aliphatic carbocycles. The van der Waals surface area contributed by atoms with Crippen LogP contribution in [0.5, 0.6) is 0 Å². The third kappa shape index (κ3) is 5.35. The molecule has 0 saturated heterocycles. The van der Waals surface area contributed by atoms with E-state index in [1.54, 1.807) is 7.11 Å². The number of methoxy groups -OCH3 is 1. The van der Waals surface area contributed by atoms with Crippen LogP contribution in [0.2, 0.25) is 0 Å². The number of nitrogens with one attached hydrogen (secondary N) is 2. The molecule has 104 valence electrons. The highest BCUT2D eigenvalue weighted by atomic mass is 16.5. The highest BCUT2D eigenvalue weighted by Gasteiger charge is 2.35. The lowest BCUT2D eigenvalue weighted by Gasteiger charge is -2.23. The van der Waals surface area contributed by atoms with Crippen LogP contribution < -0.4 is 10.6 Å². The molecule has 2 atom stereocenters. The van der Waals surface area contributed by atoms with Crippen LogP contribution >= 0.6 is 0 Å². The molecule has 0 spiro atoms. The van der Waals surface area contributed by atoms with Crippen LogP contribution in [0.4, 0.5) is 4.79 Å². The van der Waals surface area contributed by atoms with Crippen LogP contribution in [0.15, 0.2) is 0 Å². The SMILES string of the molecule is COC(C1CC1)C(C)NC(=O)NCCCC(=O)O. The topological polar surface area (TPSA) is 87.7 Å². The van der Waals surface area contributed by atoms with Crippen molar-refractivity contribution in [3.05, 3.63) is 0 Å². The van der Waals surface area contributed by atoms with E-state index in [9.17, 15) is 9.59 Å². The molecule has 0 aliphatic heterocycles.